The van der Waals surface area contributed by atoms with E-state index in [4.69, 9.17) is 10.00 Å². The standard InChI is InChI=1S/C13H22N2O3/c1-4-12(2,9-14)11(16)15(3)10-13(17)5-7-18-8-6-13/h17H,4-8,10H2,1-3H3. The van der Waals surface area contributed by atoms with Crippen molar-refractivity contribution in [2.75, 3.05) is 26.8 Å². The van der Waals surface area contributed by atoms with E-state index < -0.39 is 11.0 Å². The maximum Gasteiger partial charge on any atom is 0.242 e. The number of rotatable bonds is 4. The molecule has 18 heavy (non-hydrogen) atoms. The molecule has 0 bridgehead atoms. The van der Waals surface area contributed by atoms with Gasteiger partial charge in [0, 0.05) is 39.6 Å². The molecule has 102 valence electrons. The molecule has 1 heterocycles. The molecule has 0 saturated carbocycles. The summed E-state index contributed by atoms with van der Waals surface area (Å²) in [4.78, 5) is 13.7. The number of aliphatic hydroxyl groups is 1. The molecular formula is C13H22N2O3. The normalized spacial score (nSPS) is 21.7. The van der Waals surface area contributed by atoms with Crippen molar-refractivity contribution in [1.29, 1.82) is 5.26 Å². The van der Waals surface area contributed by atoms with Crippen molar-refractivity contribution in [1.82, 2.24) is 4.90 Å². The van der Waals surface area contributed by atoms with Crippen LogP contribution in [-0.2, 0) is 9.53 Å². The fourth-order valence-corrected chi connectivity index (χ4v) is 2.12. The highest BCUT2D eigenvalue weighted by atomic mass is 16.5. The topological polar surface area (TPSA) is 73.6 Å². The summed E-state index contributed by atoms with van der Waals surface area (Å²) in [6.45, 7) is 4.74. The molecule has 0 aliphatic carbocycles. The molecule has 1 unspecified atom stereocenters. The Balaban J connectivity index is 2.68. The molecule has 0 aromatic rings. The van der Waals surface area contributed by atoms with Crippen LogP contribution in [0.1, 0.15) is 33.1 Å². The molecule has 1 rings (SSSR count). The van der Waals surface area contributed by atoms with Crippen molar-refractivity contribution in [3.63, 3.8) is 0 Å². The van der Waals surface area contributed by atoms with Crippen molar-refractivity contribution in [3.05, 3.63) is 0 Å². The molecule has 1 aliphatic heterocycles. The minimum atomic E-state index is -1.00. The highest BCUT2D eigenvalue weighted by Crippen LogP contribution is 2.26. The number of amides is 1. The molecule has 0 spiro atoms. The smallest absolute Gasteiger partial charge is 0.242 e. The Morgan fingerprint density at radius 3 is 2.56 bits per heavy atom. The minimum Gasteiger partial charge on any atom is -0.388 e. The summed E-state index contributed by atoms with van der Waals surface area (Å²) >= 11 is 0. The van der Waals surface area contributed by atoms with E-state index in [-0.39, 0.29) is 12.5 Å². The van der Waals surface area contributed by atoms with Crippen LogP contribution in [0.4, 0.5) is 0 Å². The van der Waals surface area contributed by atoms with Gasteiger partial charge in [-0.05, 0) is 13.3 Å². The number of ether oxygens (including phenoxy) is 1. The molecule has 5 nitrogen and oxygen atoms in total. The SMILES string of the molecule is CCC(C)(C#N)C(=O)N(C)CC1(O)CCOCC1. The van der Waals surface area contributed by atoms with Gasteiger partial charge >= 0.3 is 0 Å². The second-order valence-corrected chi connectivity index (χ2v) is 5.30. The van der Waals surface area contributed by atoms with Crippen molar-refractivity contribution in [2.45, 2.75) is 38.7 Å². The highest BCUT2D eigenvalue weighted by molar-refractivity contribution is 5.84. The van der Waals surface area contributed by atoms with E-state index in [1.165, 1.54) is 4.90 Å². The van der Waals surface area contributed by atoms with Crippen LogP contribution in [0.2, 0.25) is 0 Å². The first-order chi connectivity index (χ1) is 8.37. The number of hydrogen-bond acceptors (Lipinski definition) is 4. The van der Waals surface area contributed by atoms with Gasteiger partial charge in [-0.3, -0.25) is 4.79 Å². The predicted molar refractivity (Wildman–Crippen MR) is 66.7 cm³/mol. The predicted octanol–water partition coefficient (Wildman–Crippen LogP) is 0.926. The average Bonchev–Trinajstić information content (AvgIpc) is 2.37. The van der Waals surface area contributed by atoms with E-state index in [1.54, 1.807) is 14.0 Å². The van der Waals surface area contributed by atoms with Gasteiger partial charge in [0.2, 0.25) is 5.91 Å². The van der Waals surface area contributed by atoms with Crippen LogP contribution in [-0.4, -0.2) is 48.3 Å². The van der Waals surface area contributed by atoms with Gasteiger partial charge in [-0.2, -0.15) is 5.26 Å². The Kier molecular flexibility index (Phi) is 4.71. The lowest BCUT2D eigenvalue weighted by molar-refractivity contribution is -0.143. The van der Waals surface area contributed by atoms with E-state index in [9.17, 15) is 9.90 Å². The first kappa shape index (κ1) is 14.9. The summed E-state index contributed by atoms with van der Waals surface area (Å²) in [5.74, 6) is -0.229. The monoisotopic (exact) mass is 254 g/mol. The fourth-order valence-electron chi connectivity index (χ4n) is 2.12. The van der Waals surface area contributed by atoms with Crippen molar-refractivity contribution >= 4 is 5.91 Å². The Morgan fingerprint density at radius 1 is 1.56 bits per heavy atom. The van der Waals surface area contributed by atoms with E-state index >= 15 is 0 Å². The quantitative estimate of drug-likeness (QED) is 0.810. The van der Waals surface area contributed by atoms with Gasteiger partial charge in [0.15, 0.2) is 0 Å². The summed E-state index contributed by atoms with van der Waals surface area (Å²) in [5, 5.41) is 19.4. The van der Waals surface area contributed by atoms with Crippen LogP contribution in [0.25, 0.3) is 0 Å². The first-order valence-corrected chi connectivity index (χ1v) is 6.34. The lowest BCUT2D eigenvalue weighted by Crippen LogP contribution is -2.50. The summed E-state index contributed by atoms with van der Waals surface area (Å²) in [6, 6.07) is 2.06. The van der Waals surface area contributed by atoms with Crippen LogP contribution in [0.3, 0.4) is 0 Å². The van der Waals surface area contributed by atoms with E-state index in [2.05, 4.69) is 6.07 Å². The number of nitrogens with zero attached hydrogens (tertiary/aromatic N) is 2. The van der Waals surface area contributed by atoms with Crippen molar-refractivity contribution < 1.29 is 14.6 Å². The van der Waals surface area contributed by atoms with Gasteiger partial charge in [0.25, 0.3) is 0 Å². The number of carbonyl (C=O) groups is 1. The molecule has 1 atom stereocenters. The molecule has 1 saturated heterocycles. The number of carbonyl (C=O) groups excluding carboxylic acids is 1. The Bertz CT molecular complexity index is 345. The molecule has 1 fully saturated rings. The molecule has 0 aromatic heterocycles. The van der Waals surface area contributed by atoms with Crippen LogP contribution in [0.15, 0.2) is 0 Å². The summed E-state index contributed by atoms with van der Waals surface area (Å²) in [5.41, 5.74) is -1.89. The fraction of sp³-hybridized carbons (Fsp3) is 0.846. The third-order valence-electron chi connectivity index (χ3n) is 3.73. The van der Waals surface area contributed by atoms with Gasteiger partial charge < -0.3 is 14.7 Å². The first-order valence-electron chi connectivity index (χ1n) is 6.34. The molecule has 1 N–H and O–H groups in total. The number of hydrogen-bond donors (Lipinski definition) is 1. The number of likely N-dealkylation sites (N-methyl/N-ethyl adjacent to an activating group) is 1. The lowest BCUT2D eigenvalue weighted by atomic mass is 9.86. The van der Waals surface area contributed by atoms with E-state index in [1.807, 2.05) is 6.92 Å². The van der Waals surface area contributed by atoms with Crippen molar-refractivity contribution in [2.24, 2.45) is 5.41 Å². The van der Waals surface area contributed by atoms with Crippen molar-refractivity contribution in [3.8, 4) is 6.07 Å². The molecule has 5 heteroatoms. The van der Waals surface area contributed by atoms with Crippen LogP contribution in [0, 0.1) is 16.7 Å². The van der Waals surface area contributed by atoms with E-state index in [0.717, 1.165) is 0 Å². The number of nitriles is 1. The van der Waals surface area contributed by atoms with Gasteiger partial charge in [-0.25, -0.2) is 0 Å². The third kappa shape index (κ3) is 3.21. The van der Waals surface area contributed by atoms with E-state index in [0.29, 0.717) is 32.5 Å². The summed E-state index contributed by atoms with van der Waals surface area (Å²) in [7, 11) is 1.64. The highest BCUT2D eigenvalue weighted by Gasteiger charge is 2.38. The average molecular weight is 254 g/mol. The molecule has 1 amide bonds. The van der Waals surface area contributed by atoms with Crippen LogP contribution < -0.4 is 0 Å². The van der Waals surface area contributed by atoms with Gasteiger partial charge in [-0.15, -0.1) is 0 Å². The van der Waals surface area contributed by atoms with Crippen LogP contribution in [0.5, 0.6) is 0 Å². The minimum absolute atomic E-state index is 0.229. The maximum atomic E-state index is 12.2. The zero-order valence-electron chi connectivity index (χ0n) is 11.4. The lowest BCUT2D eigenvalue weighted by Gasteiger charge is -2.37. The van der Waals surface area contributed by atoms with Gasteiger partial charge in [0.05, 0.1) is 11.7 Å². The Labute approximate surface area is 108 Å². The second-order valence-electron chi connectivity index (χ2n) is 5.30. The molecule has 1 aliphatic rings. The molecular weight excluding hydrogens is 232 g/mol. The Hall–Kier alpha value is -1.12. The zero-order chi connectivity index (χ0) is 13.8. The largest absolute Gasteiger partial charge is 0.388 e. The third-order valence-corrected chi connectivity index (χ3v) is 3.73. The maximum absolute atomic E-state index is 12.2. The molecule has 0 radical (unpaired) electrons. The summed E-state index contributed by atoms with van der Waals surface area (Å²) < 4.78 is 5.20. The van der Waals surface area contributed by atoms with Crippen LogP contribution >= 0.6 is 0 Å². The van der Waals surface area contributed by atoms with Gasteiger partial charge in [0.1, 0.15) is 5.41 Å². The Morgan fingerprint density at radius 2 is 2.11 bits per heavy atom. The molecule has 0 aromatic carbocycles. The zero-order valence-corrected chi connectivity index (χ0v) is 11.4. The second kappa shape index (κ2) is 5.68. The van der Waals surface area contributed by atoms with Gasteiger partial charge in [-0.1, -0.05) is 6.92 Å². The summed E-state index contributed by atoms with van der Waals surface area (Å²) in [6.07, 6.45) is 1.52.